The molecule has 0 radical (unpaired) electrons. The van der Waals surface area contributed by atoms with Gasteiger partial charge in [0.25, 0.3) is 0 Å². The minimum Gasteiger partial charge on any atom is -0.352 e. The first kappa shape index (κ1) is 27.0. The number of benzene rings is 1. The molecular weight excluding hydrogens is 414 g/mol. The highest BCUT2D eigenvalue weighted by Crippen LogP contribution is 2.44. The number of unbranched alkanes of at least 4 members (excludes halogenated alkanes) is 2. The van der Waals surface area contributed by atoms with Crippen molar-refractivity contribution < 1.29 is 4.79 Å². The summed E-state index contributed by atoms with van der Waals surface area (Å²) in [6, 6.07) is 9.41. The fraction of sp³-hybridized carbons (Fsp3) is 0.719. The van der Waals surface area contributed by atoms with Gasteiger partial charge in [-0.1, -0.05) is 75.3 Å². The minimum absolute atomic E-state index is 0.0750. The monoisotopic (exact) mass is 465 g/mol. The smallest absolute Gasteiger partial charge is 0.246 e. The van der Waals surface area contributed by atoms with Crippen LogP contribution < -0.4 is 5.32 Å². The fourth-order valence-corrected chi connectivity index (χ4v) is 6.37. The van der Waals surface area contributed by atoms with E-state index in [1.54, 1.807) is 5.56 Å². The van der Waals surface area contributed by atoms with E-state index in [4.69, 9.17) is 0 Å². The molecule has 0 saturated heterocycles. The lowest BCUT2D eigenvalue weighted by Gasteiger charge is -2.38. The summed E-state index contributed by atoms with van der Waals surface area (Å²) in [6.07, 6.45) is 19.5. The van der Waals surface area contributed by atoms with Gasteiger partial charge in [0.2, 0.25) is 5.91 Å². The van der Waals surface area contributed by atoms with Gasteiger partial charge in [0.05, 0.1) is 0 Å². The largest absolute Gasteiger partial charge is 0.352 e. The van der Waals surface area contributed by atoms with E-state index in [9.17, 15) is 4.79 Å². The molecule has 2 saturated carbocycles. The number of amides is 1. The summed E-state index contributed by atoms with van der Waals surface area (Å²) in [6.45, 7) is 8.94. The van der Waals surface area contributed by atoms with Crippen LogP contribution in [0.2, 0.25) is 0 Å². The van der Waals surface area contributed by atoms with Crippen LogP contribution >= 0.6 is 0 Å². The van der Waals surface area contributed by atoms with E-state index in [2.05, 4.69) is 36.5 Å². The molecule has 34 heavy (non-hydrogen) atoms. The Morgan fingerprint density at radius 3 is 2.03 bits per heavy atom. The van der Waals surface area contributed by atoms with Gasteiger partial charge in [0.15, 0.2) is 0 Å². The second-order valence-corrected chi connectivity index (χ2v) is 11.6. The van der Waals surface area contributed by atoms with Crippen molar-refractivity contribution in [3.8, 4) is 0 Å². The van der Waals surface area contributed by atoms with E-state index >= 15 is 0 Å². The predicted molar refractivity (Wildman–Crippen MR) is 146 cm³/mol. The highest BCUT2D eigenvalue weighted by atomic mass is 16.1. The maximum atomic E-state index is 12.0. The minimum atomic E-state index is 0.0750. The lowest BCUT2D eigenvalue weighted by Crippen LogP contribution is -2.26. The number of nitrogens with one attached hydrogen (secondary N) is 1. The number of hydrogen-bond donors (Lipinski definition) is 1. The number of hydrogen-bond acceptors (Lipinski definition) is 1. The van der Waals surface area contributed by atoms with Crippen LogP contribution in [0.5, 0.6) is 0 Å². The average molecular weight is 466 g/mol. The van der Waals surface area contributed by atoms with Crippen LogP contribution in [-0.4, -0.2) is 12.5 Å². The standard InChI is InChI=1S/C32H51NO/c1-5-6-7-9-26-11-15-28(16-12-26)30-19-21-31(22-20-30)29-17-13-27(14-18-29)10-8-23-33-32(34)25(4)24(2)3/h13-14,17-18,26,28,30-31H,5-12,15-16,19-23H2,1-4H3,(H,33,34). The summed E-state index contributed by atoms with van der Waals surface area (Å²) in [5.74, 6) is 3.90. The SMILES string of the molecule is CCCCCC1CCC(C2CCC(c3ccc(CCCNC(=O)C(C)=C(C)C)cc3)CC2)CC1. The third-order valence-electron chi connectivity index (χ3n) is 9.02. The highest BCUT2D eigenvalue weighted by molar-refractivity contribution is 5.93. The maximum absolute atomic E-state index is 12.0. The second-order valence-electron chi connectivity index (χ2n) is 11.6. The van der Waals surface area contributed by atoms with Crippen LogP contribution in [0.1, 0.15) is 128 Å². The Balaban J connectivity index is 1.34. The Labute approximate surface area is 210 Å². The van der Waals surface area contributed by atoms with E-state index in [0.717, 1.165) is 54.2 Å². The second kappa shape index (κ2) is 14.1. The van der Waals surface area contributed by atoms with Crippen molar-refractivity contribution in [3.63, 3.8) is 0 Å². The van der Waals surface area contributed by atoms with Crippen molar-refractivity contribution in [2.75, 3.05) is 6.54 Å². The molecule has 190 valence electrons. The summed E-state index contributed by atoms with van der Waals surface area (Å²) in [5, 5.41) is 3.04. The van der Waals surface area contributed by atoms with E-state index in [0.29, 0.717) is 0 Å². The van der Waals surface area contributed by atoms with Gasteiger partial charge >= 0.3 is 0 Å². The van der Waals surface area contributed by atoms with Crippen molar-refractivity contribution in [1.82, 2.24) is 5.32 Å². The van der Waals surface area contributed by atoms with Gasteiger partial charge in [0, 0.05) is 12.1 Å². The molecule has 0 atom stereocenters. The molecule has 2 nitrogen and oxygen atoms in total. The first-order valence-electron chi connectivity index (χ1n) is 14.5. The summed E-state index contributed by atoms with van der Waals surface area (Å²) in [5.41, 5.74) is 4.87. The third-order valence-corrected chi connectivity index (χ3v) is 9.02. The Bertz CT molecular complexity index is 757. The van der Waals surface area contributed by atoms with Crippen molar-refractivity contribution in [3.05, 3.63) is 46.5 Å². The van der Waals surface area contributed by atoms with Crippen molar-refractivity contribution in [1.29, 1.82) is 0 Å². The zero-order valence-electron chi connectivity index (χ0n) is 22.6. The quantitative estimate of drug-likeness (QED) is 0.257. The topological polar surface area (TPSA) is 29.1 Å². The molecule has 0 aromatic heterocycles. The molecule has 2 aliphatic rings. The highest BCUT2D eigenvalue weighted by Gasteiger charge is 2.31. The van der Waals surface area contributed by atoms with Crippen molar-refractivity contribution in [2.24, 2.45) is 17.8 Å². The maximum Gasteiger partial charge on any atom is 0.246 e. The lowest BCUT2D eigenvalue weighted by molar-refractivity contribution is -0.117. The summed E-state index contributed by atoms with van der Waals surface area (Å²) in [7, 11) is 0. The Morgan fingerprint density at radius 2 is 1.44 bits per heavy atom. The fourth-order valence-electron chi connectivity index (χ4n) is 6.37. The van der Waals surface area contributed by atoms with E-state index in [1.165, 1.54) is 82.6 Å². The van der Waals surface area contributed by atoms with Gasteiger partial charge in [0.1, 0.15) is 0 Å². The molecular formula is C32H51NO. The van der Waals surface area contributed by atoms with Crippen LogP contribution in [0.15, 0.2) is 35.4 Å². The van der Waals surface area contributed by atoms with E-state index < -0.39 is 0 Å². The molecule has 0 spiro atoms. The number of allylic oxidation sites excluding steroid dienone is 1. The normalized spacial score (nSPS) is 25.1. The van der Waals surface area contributed by atoms with Gasteiger partial charge in [-0.05, 0) is 107 Å². The zero-order valence-corrected chi connectivity index (χ0v) is 22.6. The lowest BCUT2D eigenvalue weighted by atomic mass is 9.68. The van der Waals surface area contributed by atoms with E-state index in [1.807, 2.05) is 20.8 Å². The van der Waals surface area contributed by atoms with Gasteiger partial charge in [-0.2, -0.15) is 0 Å². The van der Waals surface area contributed by atoms with Gasteiger partial charge in [-0.15, -0.1) is 0 Å². The summed E-state index contributed by atoms with van der Waals surface area (Å²) >= 11 is 0. The number of carbonyl (C=O) groups is 1. The molecule has 0 unspecified atom stereocenters. The van der Waals surface area contributed by atoms with Gasteiger partial charge in [-0.25, -0.2) is 0 Å². The van der Waals surface area contributed by atoms with Gasteiger partial charge in [-0.3, -0.25) is 4.79 Å². The predicted octanol–water partition coefficient (Wildman–Crippen LogP) is 8.75. The molecule has 0 bridgehead atoms. The Hall–Kier alpha value is -1.57. The first-order chi connectivity index (χ1) is 16.5. The number of carbonyl (C=O) groups excluding carboxylic acids is 1. The zero-order chi connectivity index (χ0) is 24.3. The van der Waals surface area contributed by atoms with Crippen LogP contribution in [0, 0.1) is 17.8 Å². The molecule has 2 heteroatoms. The number of aryl methyl sites for hydroxylation is 1. The number of rotatable bonds is 11. The molecule has 0 aliphatic heterocycles. The van der Waals surface area contributed by atoms with E-state index in [-0.39, 0.29) is 5.91 Å². The Morgan fingerprint density at radius 1 is 0.824 bits per heavy atom. The molecule has 1 amide bonds. The molecule has 2 fully saturated rings. The van der Waals surface area contributed by atoms with Crippen LogP contribution in [-0.2, 0) is 11.2 Å². The molecule has 1 aromatic carbocycles. The summed E-state index contributed by atoms with van der Waals surface area (Å²) in [4.78, 5) is 12.0. The van der Waals surface area contributed by atoms with Crippen LogP contribution in [0.4, 0.5) is 0 Å². The first-order valence-corrected chi connectivity index (χ1v) is 14.5. The average Bonchev–Trinajstić information content (AvgIpc) is 2.87. The van der Waals surface area contributed by atoms with Crippen LogP contribution in [0.25, 0.3) is 0 Å². The summed E-state index contributed by atoms with van der Waals surface area (Å²) < 4.78 is 0. The Kier molecular flexibility index (Phi) is 11.2. The van der Waals surface area contributed by atoms with Crippen LogP contribution in [0.3, 0.4) is 0 Å². The third kappa shape index (κ3) is 8.28. The van der Waals surface area contributed by atoms with Crippen molar-refractivity contribution >= 4 is 5.91 Å². The molecule has 0 heterocycles. The molecule has 3 rings (SSSR count). The molecule has 2 aliphatic carbocycles. The van der Waals surface area contributed by atoms with Crippen molar-refractivity contribution in [2.45, 2.75) is 124 Å². The van der Waals surface area contributed by atoms with Gasteiger partial charge < -0.3 is 5.32 Å². The molecule has 1 aromatic rings. The molecule has 1 N–H and O–H groups in total.